The van der Waals surface area contributed by atoms with Crippen molar-refractivity contribution in [2.75, 3.05) is 0 Å². The summed E-state index contributed by atoms with van der Waals surface area (Å²) in [6.07, 6.45) is 3.91. The maximum Gasteiger partial charge on any atom is 0.0553 e. The third kappa shape index (κ3) is 2.15. The summed E-state index contributed by atoms with van der Waals surface area (Å²) in [5.74, 6) is 0. The van der Waals surface area contributed by atoms with E-state index >= 15 is 0 Å². The van der Waals surface area contributed by atoms with Gasteiger partial charge in [0.25, 0.3) is 0 Å². The summed E-state index contributed by atoms with van der Waals surface area (Å²) < 4.78 is 0. The Morgan fingerprint density at radius 3 is 3.00 bits per heavy atom. The number of rotatable bonds is 2. The van der Waals surface area contributed by atoms with Gasteiger partial charge >= 0.3 is 0 Å². The van der Waals surface area contributed by atoms with Crippen LogP contribution in [0.25, 0.3) is 0 Å². The first-order valence-electron chi connectivity index (χ1n) is 3.36. The highest BCUT2D eigenvalue weighted by molar-refractivity contribution is 5.08. The molecule has 0 saturated heterocycles. The quantitative estimate of drug-likeness (QED) is 0.659. The average molecular weight is 137 g/mol. The van der Waals surface area contributed by atoms with E-state index in [2.05, 4.69) is 4.98 Å². The first-order chi connectivity index (χ1) is 4.79. The van der Waals surface area contributed by atoms with Crippen molar-refractivity contribution in [3.8, 4) is 0 Å². The fourth-order valence-electron chi connectivity index (χ4n) is 0.860. The Morgan fingerprint density at radius 1 is 1.70 bits per heavy atom. The van der Waals surface area contributed by atoms with E-state index in [-0.39, 0.29) is 6.10 Å². The summed E-state index contributed by atoms with van der Waals surface area (Å²) in [5.41, 5.74) is 1.08. The zero-order chi connectivity index (χ0) is 7.40. The van der Waals surface area contributed by atoms with E-state index in [1.807, 2.05) is 12.1 Å². The second-order valence-electron chi connectivity index (χ2n) is 2.41. The van der Waals surface area contributed by atoms with Crippen LogP contribution in [0.1, 0.15) is 12.5 Å². The maximum absolute atomic E-state index is 8.98. The predicted octanol–water partition coefficient (Wildman–Crippen LogP) is 1.00. The minimum atomic E-state index is -0.274. The zero-order valence-electron chi connectivity index (χ0n) is 5.99. The van der Waals surface area contributed by atoms with Gasteiger partial charge in [0.05, 0.1) is 6.10 Å². The Labute approximate surface area is 60.5 Å². The standard InChI is InChI=1S/C8H11NO/c1-7(10)5-8-3-2-4-9-6-8/h2-4,6-7,10H,5H2,1H3/t7-/m0/s1. The van der Waals surface area contributed by atoms with Gasteiger partial charge in [-0.3, -0.25) is 4.98 Å². The number of aromatic nitrogens is 1. The molecule has 2 heteroatoms. The smallest absolute Gasteiger partial charge is 0.0553 e. The van der Waals surface area contributed by atoms with Crippen molar-refractivity contribution in [3.05, 3.63) is 30.1 Å². The van der Waals surface area contributed by atoms with Crippen LogP contribution >= 0.6 is 0 Å². The molecule has 1 aromatic rings. The fraction of sp³-hybridized carbons (Fsp3) is 0.375. The average Bonchev–Trinajstić information content (AvgIpc) is 1.88. The normalized spacial score (nSPS) is 13.0. The van der Waals surface area contributed by atoms with Crippen LogP contribution in [-0.4, -0.2) is 16.2 Å². The molecule has 0 aliphatic heterocycles. The number of pyridine rings is 1. The summed E-state index contributed by atoms with van der Waals surface area (Å²) in [6, 6.07) is 3.83. The fourth-order valence-corrected chi connectivity index (χ4v) is 0.860. The number of aliphatic hydroxyl groups is 1. The Hall–Kier alpha value is -0.890. The minimum absolute atomic E-state index is 0.274. The van der Waals surface area contributed by atoms with Crippen LogP contribution in [-0.2, 0) is 6.42 Å². The van der Waals surface area contributed by atoms with Crippen LogP contribution in [0.3, 0.4) is 0 Å². The van der Waals surface area contributed by atoms with Crippen molar-refractivity contribution in [2.24, 2.45) is 0 Å². The number of aliphatic hydroxyl groups excluding tert-OH is 1. The van der Waals surface area contributed by atoms with Gasteiger partial charge in [0.2, 0.25) is 0 Å². The van der Waals surface area contributed by atoms with Gasteiger partial charge in [0, 0.05) is 12.4 Å². The summed E-state index contributed by atoms with van der Waals surface area (Å²) >= 11 is 0. The topological polar surface area (TPSA) is 33.1 Å². The molecule has 0 fully saturated rings. The lowest BCUT2D eigenvalue weighted by Crippen LogP contribution is -2.03. The Balaban J connectivity index is 2.59. The monoisotopic (exact) mass is 137 g/mol. The Bertz CT molecular complexity index is 184. The van der Waals surface area contributed by atoms with Gasteiger partial charge < -0.3 is 5.11 Å². The molecular formula is C8H11NO. The van der Waals surface area contributed by atoms with E-state index in [0.29, 0.717) is 6.42 Å². The molecule has 0 bridgehead atoms. The Morgan fingerprint density at radius 2 is 2.50 bits per heavy atom. The molecule has 0 aliphatic carbocycles. The molecule has 0 saturated carbocycles. The second-order valence-corrected chi connectivity index (χ2v) is 2.41. The largest absolute Gasteiger partial charge is 0.393 e. The molecule has 1 heterocycles. The lowest BCUT2D eigenvalue weighted by Gasteiger charge is -2.01. The van der Waals surface area contributed by atoms with E-state index in [4.69, 9.17) is 5.11 Å². The second kappa shape index (κ2) is 3.32. The SMILES string of the molecule is C[C@H](O)Cc1cccnc1. The van der Waals surface area contributed by atoms with E-state index in [0.717, 1.165) is 5.56 Å². The van der Waals surface area contributed by atoms with Gasteiger partial charge in [-0.25, -0.2) is 0 Å². The lowest BCUT2D eigenvalue weighted by molar-refractivity contribution is 0.195. The third-order valence-electron chi connectivity index (χ3n) is 1.25. The van der Waals surface area contributed by atoms with Crippen molar-refractivity contribution < 1.29 is 5.11 Å². The molecule has 54 valence electrons. The summed E-state index contributed by atoms with van der Waals surface area (Å²) in [7, 11) is 0. The lowest BCUT2D eigenvalue weighted by atomic mass is 10.1. The molecule has 0 spiro atoms. The van der Waals surface area contributed by atoms with Crippen molar-refractivity contribution >= 4 is 0 Å². The van der Waals surface area contributed by atoms with Crippen LogP contribution in [0, 0.1) is 0 Å². The number of nitrogens with zero attached hydrogens (tertiary/aromatic N) is 1. The van der Waals surface area contributed by atoms with Crippen LogP contribution < -0.4 is 0 Å². The molecule has 0 unspecified atom stereocenters. The van der Waals surface area contributed by atoms with Crippen molar-refractivity contribution in [1.82, 2.24) is 4.98 Å². The number of hydrogen-bond donors (Lipinski definition) is 1. The van der Waals surface area contributed by atoms with E-state index in [1.165, 1.54) is 0 Å². The molecule has 0 radical (unpaired) electrons. The molecule has 1 rings (SSSR count). The highest BCUT2D eigenvalue weighted by Crippen LogP contribution is 1.99. The maximum atomic E-state index is 8.98. The molecule has 0 aromatic carbocycles. The summed E-state index contributed by atoms with van der Waals surface area (Å²) in [4.78, 5) is 3.93. The van der Waals surface area contributed by atoms with Crippen LogP contribution in [0.2, 0.25) is 0 Å². The highest BCUT2D eigenvalue weighted by Gasteiger charge is 1.96. The van der Waals surface area contributed by atoms with E-state index < -0.39 is 0 Å². The number of hydrogen-bond acceptors (Lipinski definition) is 2. The minimum Gasteiger partial charge on any atom is -0.393 e. The van der Waals surface area contributed by atoms with Crippen molar-refractivity contribution in [2.45, 2.75) is 19.4 Å². The van der Waals surface area contributed by atoms with Gasteiger partial charge in [-0.15, -0.1) is 0 Å². The van der Waals surface area contributed by atoms with Gasteiger partial charge in [-0.1, -0.05) is 6.07 Å². The highest BCUT2D eigenvalue weighted by atomic mass is 16.3. The molecular weight excluding hydrogens is 126 g/mol. The van der Waals surface area contributed by atoms with Gasteiger partial charge in [0.15, 0.2) is 0 Å². The summed E-state index contributed by atoms with van der Waals surface area (Å²) in [5, 5.41) is 8.98. The first-order valence-corrected chi connectivity index (χ1v) is 3.36. The molecule has 1 atom stereocenters. The molecule has 1 N–H and O–H groups in total. The third-order valence-corrected chi connectivity index (χ3v) is 1.25. The molecule has 10 heavy (non-hydrogen) atoms. The van der Waals surface area contributed by atoms with Crippen LogP contribution in [0.15, 0.2) is 24.5 Å². The van der Waals surface area contributed by atoms with Crippen molar-refractivity contribution in [1.29, 1.82) is 0 Å². The first kappa shape index (κ1) is 7.22. The summed E-state index contributed by atoms with van der Waals surface area (Å²) in [6.45, 7) is 1.77. The van der Waals surface area contributed by atoms with Gasteiger partial charge in [-0.2, -0.15) is 0 Å². The Kier molecular flexibility index (Phi) is 2.40. The molecule has 2 nitrogen and oxygen atoms in total. The molecule has 0 amide bonds. The van der Waals surface area contributed by atoms with Crippen molar-refractivity contribution in [3.63, 3.8) is 0 Å². The van der Waals surface area contributed by atoms with Gasteiger partial charge in [0.1, 0.15) is 0 Å². The van der Waals surface area contributed by atoms with E-state index in [9.17, 15) is 0 Å². The zero-order valence-corrected chi connectivity index (χ0v) is 5.99. The predicted molar refractivity (Wildman–Crippen MR) is 39.6 cm³/mol. The van der Waals surface area contributed by atoms with Gasteiger partial charge in [-0.05, 0) is 25.0 Å². The molecule has 1 aromatic heterocycles. The molecule has 0 aliphatic rings. The van der Waals surface area contributed by atoms with E-state index in [1.54, 1.807) is 19.3 Å². The van der Waals surface area contributed by atoms with Crippen LogP contribution in [0.5, 0.6) is 0 Å². The van der Waals surface area contributed by atoms with Crippen LogP contribution in [0.4, 0.5) is 0 Å².